The topological polar surface area (TPSA) is 33.1 Å². The van der Waals surface area contributed by atoms with Gasteiger partial charge in [-0.15, -0.1) is 0 Å². The molecule has 0 bridgehead atoms. The maximum Gasteiger partial charge on any atom is 0.0694 e. The molecule has 3 heteroatoms. The highest BCUT2D eigenvalue weighted by Crippen LogP contribution is 2.18. The highest BCUT2D eigenvalue weighted by molar-refractivity contribution is 9.10. The van der Waals surface area contributed by atoms with Crippen LogP contribution in [-0.4, -0.2) is 10.1 Å². The lowest BCUT2D eigenvalue weighted by Gasteiger charge is -2.00. The Kier molecular flexibility index (Phi) is 2.40. The van der Waals surface area contributed by atoms with E-state index in [4.69, 9.17) is 5.11 Å². The molecule has 0 radical (unpaired) electrons. The molecule has 0 atom stereocenters. The van der Waals surface area contributed by atoms with Crippen LogP contribution in [0.5, 0.6) is 0 Å². The Hall–Kier alpha value is -0.410. The van der Waals surface area contributed by atoms with Crippen molar-refractivity contribution in [1.82, 2.24) is 4.98 Å². The third-order valence-corrected chi connectivity index (χ3v) is 2.40. The number of hydrogen-bond donors (Lipinski definition) is 1. The Labute approximate surface area is 68.0 Å². The predicted molar refractivity (Wildman–Crippen MR) is 42.6 cm³/mol. The van der Waals surface area contributed by atoms with Crippen molar-refractivity contribution in [2.24, 2.45) is 0 Å². The van der Waals surface area contributed by atoms with Gasteiger partial charge in [0.15, 0.2) is 0 Å². The number of pyridine rings is 1. The maximum absolute atomic E-state index is 8.79. The zero-order chi connectivity index (χ0) is 7.56. The molecule has 0 saturated carbocycles. The fourth-order valence-corrected chi connectivity index (χ4v) is 1.08. The molecule has 0 aromatic carbocycles. The second-order valence-corrected chi connectivity index (χ2v) is 2.82. The summed E-state index contributed by atoms with van der Waals surface area (Å²) in [5.41, 5.74) is 1.79. The van der Waals surface area contributed by atoms with E-state index in [1.165, 1.54) is 0 Å². The molecule has 1 aromatic heterocycles. The van der Waals surface area contributed by atoms with E-state index in [-0.39, 0.29) is 6.61 Å². The molecule has 1 N–H and O–H groups in total. The van der Waals surface area contributed by atoms with Crippen molar-refractivity contribution < 1.29 is 5.11 Å². The monoisotopic (exact) mass is 201 g/mol. The van der Waals surface area contributed by atoms with Crippen LogP contribution < -0.4 is 0 Å². The Morgan fingerprint density at radius 3 is 2.90 bits per heavy atom. The minimum Gasteiger partial charge on any atom is -0.392 e. The van der Waals surface area contributed by atoms with Gasteiger partial charge in [0.2, 0.25) is 0 Å². The van der Waals surface area contributed by atoms with Crippen molar-refractivity contribution in [3.05, 3.63) is 28.0 Å². The maximum atomic E-state index is 8.79. The van der Waals surface area contributed by atoms with Crippen molar-refractivity contribution in [3.63, 3.8) is 0 Å². The van der Waals surface area contributed by atoms with E-state index in [0.717, 1.165) is 15.7 Å². The summed E-state index contributed by atoms with van der Waals surface area (Å²) in [6, 6.07) is 1.79. The summed E-state index contributed by atoms with van der Waals surface area (Å²) >= 11 is 3.32. The van der Waals surface area contributed by atoms with Crippen LogP contribution in [0, 0.1) is 6.92 Å². The summed E-state index contributed by atoms with van der Waals surface area (Å²) in [6.07, 6.45) is 1.69. The third-order valence-electron chi connectivity index (χ3n) is 1.31. The highest BCUT2D eigenvalue weighted by Gasteiger charge is 1.99. The van der Waals surface area contributed by atoms with Gasteiger partial charge in [-0.2, -0.15) is 0 Å². The molecule has 0 spiro atoms. The lowest BCUT2D eigenvalue weighted by molar-refractivity contribution is 0.281. The SMILES string of the molecule is Cc1nccc(CO)c1Br. The minimum absolute atomic E-state index is 0.0595. The Balaban J connectivity index is 3.14. The van der Waals surface area contributed by atoms with Crippen LogP contribution in [0.4, 0.5) is 0 Å². The first-order chi connectivity index (χ1) is 4.75. The number of nitrogens with zero attached hydrogens (tertiary/aromatic N) is 1. The van der Waals surface area contributed by atoms with E-state index in [1.54, 1.807) is 12.3 Å². The second kappa shape index (κ2) is 3.12. The first kappa shape index (κ1) is 7.69. The molecule has 1 rings (SSSR count). The molecule has 0 fully saturated rings. The fourth-order valence-electron chi connectivity index (χ4n) is 0.723. The van der Waals surface area contributed by atoms with Crippen molar-refractivity contribution in [3.8, 4) is 0 Å². The summed E-state index contributed by atoms with van der Waals surface area (Å²) in [6.45, 7) is 1.95. The lowest BCUT2D eigenvalue weighted by atomic mass is 10.2. The van der Waals surface area contributed by atoms with E-state index < -0.39 is 0 Å². The van der Waals surface area contributed by atoms with Crippen LogP contribution in [0.25, 0.3) is 0 Å². The highest BCUT2D eigenvalue weighted by atomic mass is 79.9. The molecule has 0 aliphatic rings. The number of aryl methyl sites for hydroxylation is 1. The lowest BCUT2D eigenvalue weighted by Crippen LogP contribution is -1.89. The quantitative estimate of drug-likeness (QED) is 0.750. The Morgan fingerprint density at radius 2 is 2.40 bits per heavy atom. The molecule has 0 unspecified atom stereocenters. The molecule has 2 nitrogen and oxygen atoms in total. The van der Waals surface area contributed by atoms with E-state index in [2.05, 4.69) is 20.9 Å². The number of aliphatic hydroxyl groups excluding tert-OH is 1. The predicted octanol–water partition coefficient (Wildman–Crippen LogP) is 1.64. The fraction of sp³-hybridized carbons (Fsp3) is 0.286. The van der Waals surface area contributed by atoms with Crippen LogP contribution in [-0.2, 0) is 6.61 Å². The van der Waals surface area contributed by atoms with Gasteiger partial charge < -0.3 is 5.11 Å². The second-order valence-electron chi connectivity index (χ2n) is 2.03. The molecular weight excluding hydrogens is 194 g/mol. The van der Waals surface area contributed by atoms with Crippen LogP contribution in [0.3, 0.4) is 0 Å². The molecule has 0 aliphatic carbocycles. The normalized spacial score (nSPS) is 9.90. The molecule has 0 aliphatic heterocycles. The summed E-state index contributed by atoms with van der Waals surface area (Å²) in [7, 11) is 0. The summed E-state index contributed by atoms with van der Waals surface area (Å²) in [4.78, 5) is 4.03. The molecule has 1 aromatic rings. The van der Waals surface area contributed by atoms with Gasteiger partial charge in [0.1, 0.15) is 0 Å². The van der Waals surface area contributed by atoms with Crippen molar-refractivity contribution in [1.29, 1.82) is 0 Å². The number of hydrogen-bond acceptors (Lipinski definition) is 2. The Morgan fingerprint density at radius 1 is 1.70 bits per heavy atom. The van der Waals surface area contributed by atoms with Gasteiger partial charge in [-0.05, 0) is 34.5 Å². The number of halogens is 1. The van der Waals surface area contributed by atoms with E-state index >= 15 is 0 Å². The van der Waals surface area contributed by atoms with Crippen molar-refractivity contribution in [2.45, 2.75) is 13.5 Å². The number of aromatic nitrogens is 1. The van der Waals surface area contributed by atoms with Crippen molar-refractivity contribution >= 4 is 15.9 Å². The number of rotatable bonds is 1. The summed E-state index contributed by atoms with van der Waals surface area (Å²) in [5, 5.41) is 8.79. The standard InChI is InChI=1S/C7H8BrNO/c1-5-7(8)6(4-10)2-3-9-5/h2-3,10H,4H2,1H3. The zero-order valence-electron chi connectivity index (χ0n) is 5.63. The summed E-state index contributed by atoms with van der Waals surface area (Å²) in [5.74, 6) is 0. The van der Waals surface area contributed by atoms with Crippen LogP contribution in [0.15, 0.2) is 16.7 Å². The van der Waals surface area contributed by atoms with Gasteiger partial charge in [-0.1, -0.05) is 0 Å². The van der Waals surface area contributed by atoms with Gasteiger partial charge in [0, 0.05) is 10.7 Å². The van der Waals surface area contributed by atoms with Gasteiger partial charge in [-0.25, -0.2) is 0 Å². The smallest absolute Gasteiger partial charge is 0.0694 e. The average molecular weight is 202 g/mol. The van der Waals surface area contributed by atoms with Gasteiger partial charge in [0.05, 0.1) is 12.3 Å². The van der Waals surface area contributed by atoms with Crippen LogP contribution in [0.1, 0.15) is 11.3 Å². The van der Waals surface area contributed by atoms with E-state index in [1.807, 2.05) is 6.92 Å². The average Bonchev–Trinajstić information content (AvgIpc) is 1.95. The van der Waals surface area contributed by atoms with Gasteiger partial charge in [-0.3, -0.25) is 4.98 Å². The zero-order valence-corrected chi connectivity index (χ0v) is 7.22. The van der Waals surface area contributed by atoms with Gasteiger partial charge in [0.25, 0.3) is 0 Å². The first-order valence-electron chi connectivity index (χ1n) is 2.96. The third kappa shape index (κ3) is 1.36. The molecule has 10 heavy (non-hydrogen) atoms. The van der Waals surface area contributed by atoms with Crippen LogP contribution in [0.2, 0.25) is 0 Å². The largest absolute Gasteiger partial charge is 0.392 e. The Bertz CT molecular complexity index is 237. The van der Waals surface area contributed by atoms with E-state index in [9.17, 15) is 0 Å². The summed E-state index contributed by atoms with van der Waals surface area (Å²) < 4.78 is 0.900. The molecule has 0 amide bonds. The molecule has 54 valence electrons. The molecular formula is C7H8BrNO. The van der Waals surface area contributed by atoms with Gasteiger partial charge >= 0.3 is 0 Å². The molecule has 0 saturated heterocycles. The van der Waals surface area contributed by atoms with Crippen molar-refractivity contribution in [2.75, 3.05) is 0 Å². The van der Waals surface area contributed by atoms with Crippen LogP contribution >= 0.6 is 15.9 Å². The minimum atomic E-state index is 0.0595. The number of aliphatic hydroxyl groups is 1. The first-order valence-corrected chi connectivity index (χ1v) is 3.76. The molecule has 1 heterocycles. The van der Waals surface area contributed by atoms with E-state index in [0.29, 0.717) is 0 Å².